The van der Waals surface area contributed by atoms with Crippen LogP contribution in [0, 0.1) is 0 Å². The van der Waals surface area contributed by atoms with Crippen molar-refractivity contribution in [3.63, 3.8) is 0 Å². The van der Waals surface area contributed by atoms with Gasteiger partial charge in [0.05, 0.1) is 18.1 Å². The van der Waals surface area contributed by atoms with Crippen molar-refractivity contribution in [2.75, 3.05) is 5.73 Å². The average molecular weight is 123 g/mol. The highest BCUT2D eigenvalue weighted by Gasteiger charge is 1.88. The van der Waals surface area contributed by atoms with Gasteiger partial charge in [-0.1, -0.05) is 6.92 Å². The minimum absolute atomic E-state index is 0.618. The van der Waals surface area contributed by atoms with E-state index in [1.807, 2.05) is 6.92 Å². The van der Waals surface area contributed by atoms with Crippen LogP contribution >= 0.6 is 0 Å². The van der Waals surface area contributed by atoms with Crippen LogP contribution < -0.4 is 5.73 Å². The van der Waals surface area contributed by atoms with Crippen molar-refractivity contribution in [2.24, 2.45) is 0 Å². The molecule has 0 saturated carbocycles. The number of hydrogen-bond donors (Lipinski definition) is 1. The predicted octanol–water partition coefficient (Wildman–Crippen LogP) is 0.621. The number of aromatic nitrogens is 2. The highest BCUT2D eigenvalue weighted by molar-refractivity contribution is 5.29. The highest BCUT2D eigenvalue weighted by Crippen LogP contribution is 1.95. The van der Waals surface area contributed by atoms with E-state index in [2.05, 4.69) is 9.97 Å². The van der Waals surface area contributed by atoms with Gasteiger partial charge in [-0.05, 0) is 0 Å². The van der Waals surface area contributed by atoms with Gasteiger partial charge in [-0.2, -0.15) is 0 Å². The third-order valence-electron chi connectivity index (χ3n) is 1.04. The molecule has 48 valence electrons. The van der Waals surface area contributed by atoms with Gasteiger partial charge in [0, 0.05) is 6.42 Å². The molecule has 0 fully saturated rings. The van der Waals surface area contributed by atoms with E-state index in [9.17, 15) is 0 Å². The maximum Gasteiger partial charge on any atom is 0.128 e. The summed E-state index contributed by atoms with van der Waals surface area (Å²) in [5.74, 6) is 0.837. The first-order chi connectivity index (χ1) is 4.33. The summed E-state index contributed by atoms with van der Waals surface area (Å²) in [6.45, 7) is 2.01. The first-order valence-electron chi connectivity index (χ1n) is 2.89. The second-order valence-electron chi connectivity index (χ2n) is 1.79. The SMILES string of the molecule is CCc1ncc(N)cn1. The van der Waals surface area contributed by atoms with Gasteiger partial charge in [0.25, 0.3) is 0 Å². The van der Waals surface area contributed by atoms with E-state index in [4.69, 9.17) is 5.73 Å². The van der Waals surface area contributed by atoms with E-state index in [0.717, 1.165) is 12.2 Å². The molecule has 0 aliphatic rings. The van der Waals surface area contributed by atoms with E-state index in [1.54, 1.807) is 12.4 Å². The maximum atomic E-state index is 5.36. The van der Waals surface area contributed by atoms with Gasteiger partial charge in [0.2, 0.25) is 0 Å². The molecule has 2 N–H and O–H groups in total. The summed E-state index contributed by atoms with van der Waals surface area (Å²) in [5, 5.41) is 0. The van der Waals surface area contributed by atoms with Gasteiger partial charge in [-0.15, -0.1) is 0 Å². The lowest BCUT2D eigenvalue weighted by Crippen LogP contribution is -1.93. The van der Waals surface area contributed by atoms with Crippen LogP contribution in [0.3, 0.4) is 0 Å². The van der Waals surface area contributed by atoms with Crippen molar-refractivity contribution >= 4 is 5.69 Å². The summed E-state index contributed by atoms with van der Waals surface area (Å²) >= 11 is 0. The number of nitrogen functional groups attached to an aromatic ring is 1. The van der Waals surface area contributed by atoms with Gasteiger partial charge in [-0.3, -0.25) is 0 Å². The molecule has 0 aromatic carbocycles. The highest BCUT2D eigenvalue weighted by atomic mass is 14.9. The second kappa shape index (κ2) is 2.44. The molecule has 0 spiro atoms. The normalized spacial score (nSPS) is 9.44. The van der Waals surface area contributed by atoms with Crippen LogP contribution in [0.4, 0.5) is 5.69 Å². The Morgan fingerprint density at radius 2 is 2.00 bits per heavy atom. The Labute approximate surface area is 53.9 Å². The zero-order chi connectivity index (χ0) is 6.69. The Kier molecular flexibility index (Phi) is 1.63. The Morgan fingerprint density at radius 3 is 2.44 bits per heavy atom. The van der Waals surface area contributed by atoms with E-state index in [-0.39, 0.29) is 0 Å². The molecule has 1 rings (SSSR count). The largest absolute Gasteiger partial charge is 0.396 e. The quantitative estimate of drug-likeness (QED) is 0.595. The fourth-order valence-corrected chi connectivity index (χ4v) is 0.547. The first kappa shape index (κ1) is 6.01. The van der Waals surface area contributed by atoms with Crippen LogP contribution in [0.5, 0.6) is 0 Å². The van der Waals surface area contributed by atoms with Gasteiger partial charge in [-0.25, -0.2) is 9.97 Å². The summed E-state index contributed by atoms with van der Waals surface area (Å²) in [6.07, 6.45) is 4.10. The molecular weight excluding hydrogens is 114 g/mol. The number of aryl methyl sites for hydroxylation is 1. The van der Waals surface area contributed by atoms with Crippen molar-refractivity contribution < 1.29 is 0 Å². The van der Waals surface area contributed by atoms with Crippen LogP contribution in [0.15, 0.2) is 12.4 Å². The van der Waals surface area contributed by atoms with Gasteiger partial charge in [0.1, 0.15) is 5.82 Å². The summed E-state index contributed by atoms with van der Waals surface area (Å²) in [5.41, 5.74) is 5.97. The number of hydrogen-bond acceptors (Lipinski definition) is 3. The Hall–Kier alpha value is -1.12. The molecule has 0 atom stereocenters. The Balaban J connectivity index is 2.88. The van der Waals surface area contributed by atoms with Crippen molar-refractivity contribution in [1.29, 1.82) is 0 Å². The summed E-state index contributed by atoms with van der Waals surface area (Å²) in [6, 6.07) is 0. The van der Waals surface area contributed by atoms with Crippen LogP contribution in [0.25, 0.3) is 0 Å². The maximum absolute atomic E-state index is 5.36. The third kappa shape index (κ3) is 1.38. The lowest BCUT2D eigenvalue weighted by molar-refractivity contribution is 0.942. The number of nitrogens with two attached hydrogens (primary N) is 1. The van der Waals surface area contributed by atoms with Crippen molar-refractivity contribution in [2.45, 2.75) is 13.3 Å². The Morgan fingerprint density at radius 1 is 1.44 bits per heavy atom. The van der Waals surface area contributed by atoms with Crippen molar-refractivity contribution in [3.05, 3.63) is 18.2 Å². The third-order valence-corrected chi connectivity index (χ3v) is 1.04. The molecule has 9 heavy (non-hydrogen) atoms. The molecule has 0 saturated heterocycles. The molecule has 0 aliphatic heterocycles. The lowest BCUT2D eigenvalue weighted by Gasteiger charge is -1.92. The van der Waals surface area contributed by atoms with Crippen LogP contribution in [-0.4, -0.2) is 9.97 Å². The standard InChI is InChI=1S/C6H9N3/c1-2-6-8-3-5(7)4-9-6/h3-4H,2,7H2,1H3. The monoisotopic (exact) mass is 123 g/mol. The van der Waals surface area contributed by atoms with Crippen molar-refractivity contribution in [1.82, 2.24) is 9.97 Å². The molecule has 3 nitrogen and oxygen atoms in total. The van der Waals surface area contributed by atoms with Crippen LogP contribution in [-0.2, 0) is 6.42 Å². The van der Waals surface area contributed by atoms with E-state index >= 15 is 0 Å². The molecular formula is C6H9N3. The molecule has 1 heterocycles. The fraction of sp³-hybridized carbons (Fsp3) is 0.333. The van der Waals surface area contributed by atoms with E-state index < -0.39 is 0 Å². The average Bonchev–Trinajstić information content (AvgIpc) is 1.90. The first-order valence-corrected chi connectivity index (χ1v) is 2.89. The molecule has 0 amide bonds. The second-order valence-corrected chi connectivity index (χ2v) is 1.79. The molecule has 0 aliphatic carbocycles. The molecule has 0 bridgehead atoms. The molecule has 1 aromatic heterocycles. The summed E-state index contributed by atoms with van der Waals surface area (Å²) < 4.78 is 0. The number of anilines is 1. The topological polar surface area (TPSA) is 51.8 Å². The number of rotatable bonds is 1. The van der Waals surface area contributed by atoms with Crippen LogP contribution in [0.2, 0.25) is 0 Å². The van der Waals surface area contributed by atoms with Gasteiger partial charge >= 0.3 is 0 Å². The molecule has 1 aromatic rings. The van der Waals surface area contributed by atoms with Crippen LogP contribution in [0.1, 0.15) is 12.7 Å². The lowest BCUT2D eigenvalue weighted by atomic mass is 10.4. The van der Waals surface area contributed by atoms with Gasteiger partial charge < -0.3 is 5.73 Å². The molecule has 0 unspecified atom stereocenters. The van der Waals surface area contributed by atoms with Crippen molar-refractivity contribution in [3.8, 4) is 0 Å². The minimum atomic E-state index is 0.618. The Bertz CT molecular complexity index is 180. The van der Waals surface area contributed by atoms with E-state index in [1.165, 1.54) is 0 Å². The van der Waals surface area contributed by atoms with Gasteiger partial charge in [0.15, 0.2) is 0 Å². The molecule has 0 radical (unpaired) electrons. The zero-order valence-electron chi connectivity index (χ0n) is 5.33. The molecule has 3 heteroatoms. The number of nitrogens with zero attached hydrogens (tertiary/aromatic N) is 2. The fourth-order valence-electron chi connectivity index (χ4n) is 0.547. The minimum Gasteiger partial charge on any atom is -0.396 e. The summed E-state index contributed by atoms with van der Waals surface area (Å²) in [7, 11) is 0. The van der Waals surface area contributed by atoms with E-state index in [0.29, 0.717) is 5.69 Å². The predicted molar refractivity (Wildman–Crippen MR) is 35.8 cm³/mol. The zero-order valence-corrected chi connectivity index (χ0v) is 5.33. The smallest absolute Gasteiger partial charge is 0.128 e. The summed E-state index contributed by atoms with van der Waals surface area (Å²) in [4.78, 5) is 7.92.